The number of aromatic nitrogens is 2. The maximum atomic E-state index is 12.7. The van der Waals surface area contributed by atoms with Crippen LogP contribution in [0.25, 0.3) is 0 Å². The molecule has 0 saturated carbocycles. The molecule has 0 saturated heterocycles. The van der Waals surface area contributed by atoms with E-state index in [1.54, 1.807) is 19.2 Å². The molecule has 0 bridgehead atoms. The minimum Gasteiger partial charge on any atom is -0.383 e. The van der Waals surface area contributed by atoms with Crippen LogP contribution in [0, 0.1) is 5.82 Å². The third-order valence-electron chi connectivity index (χ3n) is 2.33. The largest absolute Gasteiger partial charge is 0.383 e. The molecule has 2 aromatic rings. The van der Waals surface area contributed by atoms with Gasteiger partial charge in [-0.15, -0.1) is 11.8 Å². The molecule has 0 aliphatic carbocycles. The van der Waals surface area contributed by atoms with E-state index in [1.807, 2.05) is 0 Å². The fourth-order valence-corrected chi connectivity index (χ4v) is 2.15. The lowest BCUT2D eigenvalue weighted by atomic mass is 10.3. The van der Waals surface area contributed by atoms with Gasteiger partial charge in [-0.1, -0.05) is 5.16 Å². The van der Waals surface area contributed by atoms with Gasteiger partial charge >= 0.3 is 0 Å². The Bertz CT molecular complexity index is 518. The summed E-state index contributed by atoms with van der Waals surface area (Å²) in [7, 11) is 1.56. The predicted molar refractivity (Wildman–Crippen MR) is 69.1 cm³/mol. The third kappa shape index (κ3) is 4.02. The molecule has 0 amide bonds. The summed E-state index contributed by atoms with van der Waals surface area (Å²) in [5, 5.41) is 3.84. The SMILES string of the molecule is COCC(N)c1nc(CSc2ccc(F)cc2)no1. The number of nitrogens with zero attached hydrogens (tertiary/aromatic N) is 2. The maximum absolute atomic E-state index is 12.7. The van der Waals surface area contributed by atoms with Crippen molar-refractivity contribution in [2.24, 2.45) is 5.73 Å². The average Bonchev–Trinajstić information content (AvgIpc) is 2.87. The molecule has 7 heteroatoms. The molecule has 5 nitrogen and oxygen atoms in total. The third-order valence-corrected chi connectivity index (χ3v) is 3.34. The molecule has 1 aromatic heterocycles. The summed E-state index contributed by atoms with van der Waals surface area (Å²) >= 11 is 1.50. The van der Waals surface area contributed by atoms with Gasteiger partial charge in [0.05, 0.1) is 12.4 Å². The van der Waals surface area contributed by atoms with Crippen molar-refractivity contribution in [3.05, 3.63) is 41.8 Å². The number of halogens is 1. The highest BCUT2D eigenvalue weighted by molar-refractivity contribution is 7.98. The van der Waals surface area contributed by atoms with E-state index >= 15 is 0 Å². The Morgan fingerprint density at radius 3 is 2.84 bits per heavy atom. The summed E-state index contributed by atoms with van der Waals surface area (Å²) in [5.74, 6) is 1.19. The van der Waals surface area contributed by atoms with Gasteiger partial charge in [0.15, 0.2) is 5.82 Å². The quantitative estimate of drug-likeness (QED) is 0.819. The van der Waals surface area contributed by atoms with Crippen LogP contribution in [0.15, 0.2) is 33.7 Å². The first-order valence-electron chi connectivity index (χ1n) is 5.64. The van der Waals surface area contributed by atoms with E-state index in [4.69, 9.17) is 15.0 Å². The van der Waals surface area contributed by atoms with Gasteiger partial charge in [-0.05, 0) is 24.3 Å². The van der Waals surface area contributed by atoms with Crippen molar-refractivity contribution < 1.29 is 13.7 Å². The van der Waals surface area contributed by atoms with E-state index in [1.165, 1.54) is 23.9 Å². The second-order valence-corrected chi connectivity index (χ2v) is 4.90. The van der Waals surface area contributed by atoms with Crippen LogP contribution in [0.5, 0.6) is 0 Å². The lowest BCUT2D eigenvalue weighted by Gasteiger charge is -2.02. The molecule has 0 aliphatic heterocycles. The summed E-state index contributed by atoms with van der Waals surface area (Å²) in [6, 6.07) is 5.83. The summed E-state index contributed by atoms with van der Waals surface area (Å²) < 4.78 is 22.7. The van der Waals surface area contributed by atoms with E-state index in [-0.39, 0.29) is 5.82 Å². The number of hydrogen-bond acceptors (Lipinski definition) is 6. The number of ether oxygens (including phenoxy) is 1. The molecule has 1 atom stereocenters. The van der Waals surface area contributed by atoms with E-state index in [2.05, 4.69) is 10.1 Å². The molecule has 0 radical (unpaired) electrons. The average molecular weight is 283 g/mol. The van der Waals surface area contributed by atoms with Crippen molar-refractivity contribution in [3.63, 3.8) is 0 Å². The van der Waals surface area contributed by atoms with Gasteiger partial charge in [-0.25, -0.2) is 4.39 Å². The lowest BCUT2D eigenvalue weighted by molar-refractivity contribution is 0.166. The Kier molecular flexibility index (Phi) is 4.89. The highest BCUT2D eigenvalue weighted by Gasteiger charge is 2.14. The van der Waals surface area contributed by atoms with Crippen molar-refractivity contribution in [2.45, 2.75) is 16.7 Å². The standard InChI is InChI=1S/C12H14FN3O2S/c1-17-6-10(14)12-15-11(16-18-12)7-19-9-4-2-8(13)3-5-9/h2-5,10H,6-7,14H2,1H3. The summed E-state index contributed by atoms with van der Waals surface area (Å²) in [6.07, 6.45) is 0. The minimum absolute atomic E-state index is 0.253. The van der Waals surface area contributed by atoms with Gasteiger partial charge in [0.2, 0.25) is 5.89 Å². The van der Waals surface area contributed by atoms with Crippen molar-refractivity contribution >= 4 is 11.8 Å². The van der Waals surface area contributed by atoms with E-state index in [0.717, 1.165) is 4.90 Å². The second kappa shape index (κ2) is 6.65. The molecule has 2 N–H and O–H groups in total. The van der Waals surface area contributed by atoms with Crippen LogP contribution in [0.4, 0.5) is 4.39 Å². The maximum Gasteiger partial charge on any atom is 0.245 e. The highest BCUT2D eigenvalue weighted by atomic mass is 32.2. The van der Waals surface area contributed by atoms with Gasteiger partial charge in [0, 0.05) is 12.0 Å². The van der Waals surface area contributed by atoms with Crippen LogP contribution < -0.4 is 5.73 Å². The molecule has 0 spiro atoms. The predicted octanol–water partition coefficient (Wildman–Crippen LogP) is 2.15. The fourth-order valence-electron chi connectivity index (χ4n) is 1.41. The van der Waals surface area contributed by atoms with E-state index in [0.29, 0.717) is 24.1 Å². The monoisotopic (exact) mass is 283 g/mol. The first-order chi connectivity index (χ1) is 9.19. The zero-order chi connectivity index (χ0) is 13.7. The van der Waals surface area contributed by atoms with Gasteiger partial charge < -0.3 is 15.0 Å². The van der Waals surface area contributed by atoms with Crippen molar-refractivity contribution in [3.8, 4) is 0 Å². The van der Waals surface area contributed by atoms with Crippen LogP contribution in [0.2, 0.25) is 0 Å². The Balaban J connectivity index is 1.91. The minimum atomic E-state index is -0.415. The molecule has 1 aromatic carbocycles. The number of benzene rings is 1. The number of hydrogen-bond donors (Lipinski definition) is 1. The van der Waals surface area contributed by atoms with Crippen LogP contribution in [-0.4, -0.2) is 23.9 Å². The molecule has 1 unspecified atom stereocenters. The van der Waals surface area contributed by atoms with Crippen LogP contribution in [-0.2, 0) is 10.5 Å². The van der Waals surface area contributed by atoms with E-state index < -0.39 is 6.04 Å². The number of methoxy groups -OCH3 is 1. The van der Waals surface area contributed by atoms with Crippen LogP contribution in [0.1, 0.15) is 17.8 Å². The topological polar surface area (TPSA) is 74.2 Å². The van der Waals surface area contributed by atoms with Gasteiger partial charge in [-0.2, -0.15) is 4.98 Å². The van der Waals surface area contributed by atoms with Crippen molar-refractivity contribution in [1.29, 1.82) is 0 Å². The second-order valence-electron chi connectivity index (χ2n) is 3.85. The zero-order valence-corrected chi connectivity index (χ0v) is 11.2. The summed E-state index contributed by atoms with van der Waals surface area (Å²) in [5.41, 5.74) is 5.77. The van der Waals surface area contributed by atoms with Crippen molar-refractivity contribution in [2.75, 3.05) is 13.7 Å². The van der Waals surface area contributed by atoms with Gasteiger partial charge in [-0.3, -0.25) is 0 Å². The van der Waals surface area contributed by atoms with Crippen LogP contribution in [0.3, 0.4) is 0 Å². The molecule has 0 aliphatic rings. The number of rotatable bonds is 6. The van der Waals surface area contributed by atoms with Gasteiger partial charge in [0.25, 0.3) is 0 Å². The van der Waals surface area contributed by atoms with E-state index in [9.17, 15) is 4.39 Å². The van der Waals surface area contributed by atoms with Crippen LogP contribution >= 0.6 is 11.8 Å². The molecular weight excluding hydrogens is 269 g/mol. The Morgan fingerprint density at radius 1 is 1.42 bits per heavy atom. The summed E-state index contributed by atoms with van der Waals surface area (Å²) in [6.45, 7) is 0.326. The number of thioether (sulfide) groups is 1. The smallest absolute Gasteiger partial charge is 0.245 e. The van der Waals surface area contributed by atoms with Gasteiger partial charge in [0.1, 0.15) is 11.9 Å². The molecular formula is C12H14FN3O2S. The summed E-state index contributed by atoms with van der Waals surface area (Å²) in [4.78, 5) is 5.12. The Morgan fingerprint density at radius 2 is 2.16 bits per heavy atom. The van der Waals surface area contributed by atoms with Crippen molar-refractivity contribution in [1.82, 2.24) is 10.1 Å². The highest BCUT2D eigenvalue weighted by Crippen LogP contribution is 2.22. The first kappa shape index (κ1) is 14.0. The molecule has 2 rings (SSSR count). The number of nitrogens with two attached hydrogens (primary N) is 1. The normalized spacial score (nSPS) is 12.6. The molecule has 0 fully saturated rings. The molecule has 102 valence electrons. The Labute approximate surface area is 114 Å². The fraction of sp³-hybridized carbons (Fsp3) is 0.333. The molecule has 19 heavy (non-hydrogen) atoms. The lowest BCUT2D eigenvalue weighted by Crippen LogP contribution is -2.16. The first-order valence-corrected chi connectivity index (χ1v) is 6.63. The zero-order valence-electron chi connectivity index (χ0n) is 10.4. The molecule has 1 heterocycles. The Hall–Kier alpha value is -1.44.